The Kier molecular flexibility index (Phi) is 2.67. The molecule has 0 aliphatic carbocycles. The quantitative estimate of drug-likeness (QED) is 0.677. The zero-order valence-corrected chi connectivity index (χ0v) is 8.18. The van der Waals surface area contributed by atoms with Crippen molar-refractivity contribution in [3.63, 3.8) is 0 Å². The molecule has 1 aliphatic rings. The lowest BCUT2D eigenvalue weighted by Crippen LogP contribution is -2.31. The number of para-hydroxylation sites is 2. The first kappa shape index (κ1) is 9.71. The van der Waals surface area contributed by atoms with E-state index in [9.17, 15) is 9.59 Å². The molecular weight excluding hydrogens is 194 g/mol. The summed E-state index contributed by atoms with van der Waals surface area (Å²) in [7, 11) is 0. The van der Waals surface area contributed by atoms with Crippen molar-refractivity contribution in [1.82, 2.24) is 0 Å². The Balaban J connectivity index is 2.42. The molecule has 0 atom stereocenters. The molecule has 0 aromatic heterocycles. The number of benzene rings is 1. The summed E-state index contributed by atoms with van der Waals surface area (Å²) in [6.07, 6.45) is 1.03. The Hall–Kier alpha value is -1.84. The van der Waals surface area contributed by atoms with Crippen LogP contribution in [0.4, 0.5) is 5.69 Å². The Morgan fingerprint density at radius 3 is 3.00 bits per heavy atom. The zero-order chi connectivity index (χ0) is 10.7. The van der Waals surface area contributed by atoms with Gasteiger partial charge in [0, 0.05) is 0 Å². The Labute approximate surface area is 87.4 Å². The van der Waals surface area contributed by atoms with E-state index in [0.717, 1.165) is 6.29 Å². The van der Waals surface area contributed by atoms with E-state index in [1.54, 1.807) is 12.1 Å². The highest BCUT2D eigenvalue weighted by Gasteiger charge is 2.21. The first-order chi connectivity index (χ1) is 7.33. The van der Waals surface area contributed by atoms with Crippen LogP contribution in [0.3, 0.4) is 0 Å². The van der Waals surface area contributed by atoms with E-state index in [2.05, 4.69) is 0 Å². The molecule has 1 amide bonds. The van der Waals surface area contributed by atoms with Gasteiger partial charge in [-0.3, -0.25) is 4.79 Å². The van der Waals surface area contributed by atoms with E-state index in [1.807, 2.05) is 12.1 Å². The number of hydrogen-bond donors (Lipinski definition) is 0. The predicted octanol–water partition coefficient (Wildman–Crippen LogP) is 1.00. The molecular formula is C11H11NO3. The molecule has 0 saturated heterocycles. The number of carbonyl (C=O) groups is 2. The van der Waals surface area contributed by atoms with Crippen molar-refractivity contribution in [2.24, 2.45) is 0 Å². The van der Waals surface area contributed by atoms with Gasteiger partial charge in [-0.2, -0.15) is 0 Å². The number of fused-ring (bicyclic) bond motifs is 1. The summed E-state index contributed by atoms with van der Waals surface area (Å²) in [4.78, 5) is 23.6. The van der Waals surface area contributed by atoms with Crippen LogP contribution in [0, 0.1) is 0 Å². The summed E-state index contributed by atoms with van der Waals surface area (Å²) in [5.74, 6) is 0.581. The fraction of sp³-hybridized carbons (Fsp3) is 0.273. The third-order valence-electron chi connectivity index (χ3n) is 2.29. The molecule has 1 aromatic carbocycles. The van der Waals surface area contributed by atoms with Crippen LogP contribution in [0.15, 0.2) is 24.3 Å². The van der Waals surface area contributed by atoms with Crippen LogP contribution in [-0.4, -0.2) is 25.3 Å². The number of amides is 1. The van der Waals surface area contributed by atoms with Gasteiger partial charge in [-0.1, -0.05) is 12.1 Å². The summed E-state index contributed by atoms with van der Waals surface area (Å²) in [6.45, 7) is 0.449. The standard InChI is InChI=1S/C11H11NO3/c13-7-6-12-9-3-1-2-4-10(9)15-8-5-11(12)14/h1-4,7H,5-6,8H2. The summed E-state index contributed by atoms with van der Waals surface area (Å²) in [5.41, 5.74) is 0.673. The average Bonchev–Trinajstić information content (AvgIpc) is 2.40. The highest BCUT2D eigenvalue weighted by molar-refractivity contribution is 5.97. The molecule has 15 heavy (non-hydrogen) atoms. The predicted molar refractivity (Wildman–Crippen MR) is 55.0 cm³/mol. The van der Waals surface area contributed by atoms with Gasteiger partial charge in [0.05, 0.1) is 25.3 Å². The van der Waals surface area contributed by atoms with Crippen molar-refractivity contribution in [3.05, 3.63) is 24.3 Å². The average molecular weight is 205 g/mol. The molecule has 0 N–H and O–H groups in total. The lowest BCUT2D eigenvalue weighted by Gasteiger charge is -2.18. The number of aldehydes is 1. The summed E-state index contributed by atoms with van der Waals surface area (Å²) in [5, 5.41) is 0. The van der Waals surface area contributed by atoms with Crippen LogP contribution in [0.2, 0.25) is 0 Å². The van der Waals surface area contributed by atoms with Gasteiger partial charge in [-0.05, 0) is 12.1 Å². The van der Waals surface area contributed by atoms with Crippen LogP contribution < -0.4 is 9.64 Å². The molecule has 0 radical (unpaired) electrons. The number of rotatable bonds is 2. The van der Waals surface area contributed by atoms with Crippen LogP contribution in [-0.2, 0) is 9.59 Å². The zero-order valence-electron chi connectivity index (χ0n) is 8.18. The normalized spacial score (nSPS) is 15.2. The first-order valence-corrected chi connectivity index (χ1v) is 4.79. The van der Waals surface area contributed by atoms with Gasteiger partial charge in [0.15, 0.2) is 0 Å². The fourth-order valence-electron chi connectivity index (χ4n) is 1.59. The second kappa shape index (κ2) is 4.13. The molecule has 78 valence electrons. The van der Waals surface area contributed by atoms with Gasteiger partial charge in [-0.15, -0.1) is 0 Å². The van der Waals surface area contributed by atoms with E-state index < -0.39 is 0 Å². The van der Waals surface area contributed by atoms with Gasteiger partial charge in [0.25, 0.3) is 0 Å². The topological polar surface area (TPSA) is 46.6 Å². The lowest BCUT2D eigenvalue weighted by atomic mass is 10.2. The van der Waals surface area contributed by atoms with E-state index in [0.29, 0.717) is 24.5 Å². The van der Waals surface area contributed by atoms with E-state index in [1.165, 1.54) is 4.90 Å². The number of anilines is 1. The third kappa shape index (κ3) is 1.83. The number of carbonyl (C=O) groups excluding carboxylic acids is 2. The minimum atomic E-state index is -0.0768. The molecule has 4 heteroatoms. The Morgan fingerprint density at radius 2 is 2.20 bits per heavy atom. The highest BCUT2D eigenvalue weighted by atomic mass is 16.5. The smallest absolute Gasteiger partial charge is 0.230 e. The second-order valence-electron chi connectivity index (χ2n) is 3.24. The molecule has 0 fully saturated rings. The van der Waals surface area contributed by atoms with Crippen LogP contribution in [0.1, 0.15) is 6.42 Å². The van der Waals surface area contributed by atoms with E-state index in [4.69, 9.17) is 4.74 Å². The fourth-order valence-corrected chi connectivity index (χ4v) is 1.59. The molecule has 1 aromatic rings. The minimum absolute atomic E-state index is 0.0768. The molecule has 0 bridgehead atoms. The molecule has 0 spiro atoms. The Bertz CT molecular complexity index is 389. The van der Waals surface area contributed by atoms with Gasteiger partial charge in [0.2, 0.25) is 5.91 Å². The summed E-state index contributed by atoms with van der Waals surface area (Å²) >= 11 is 0. The van der Waals surface area contributed by atoms with Crippen molar-refractivity contribution >= 4 is 17.9 Å². The number of nitrogens with zero attached hydrogens (tertiary/aromatic N) is 1. The maximum Gasteiger partial charge on any atom is 0.230 e. The van der Waals surface area contributed by atoms with Crippen molar-refractivity contribution < 1.29 is 14.3 Å². The maximum atomic E-state index is 11.7. The van der Waals surface area contributed by atoms with Crippen molar-refractivity contribution in [2.75, 3.05) is 18.1 Å². The summed E-state index contributed by atoms with van der Waals surface area (Å²) < 4.78 is 5.42. The van der Waals surface area contributed by atoms with E-state index in [-0.39, 0.29) is 12.5 Å². The number of hydrogen-bond acceptors (Lipinski definition) is 3. The van der Waals surface area contributed by atoms with Crippen molar-refractivity contribution in [2.45, 2.75) is 6.42 Å². The van der Waals surface area contributed by atoms with Crippen LogP contribution >= 0.6 is 0 Å². The first-order valence-electron chi connectivity index (χ1n) is 4.79. The number of ether oxygens (including phenoxy) is 1. The van der Waals surface area contributed by atoms with Gasteiger partial charge in [-0.25, -0.2) is 0 Å². The van der Waals surface area contributed by atoms with Gasteiger partial charge < -0.3 is 14.4 Å². The molecule has 0 saturated carbocycles. The molecule has 2 rings (SSSR count). The van der Waals surface area contributed by atoms with Crippen LogP contribution in [0.5, 0.6) is 5.75 Å². The van der Waals surface area contributed by atoms with Crippen molar-refractivity contribution in [1.29, 1.82) is 0 Å². The monoisotopic (exact) mass is 205 g/mol. The van der Waals surface area contributed by atoms with Crippen LogP contribution in [0.25, 0.3) is 0 Å². The van der Waals surface area contributed by atoms with Crippen molar-refractivity contribution in [3.8, 4) is 5.75 Å². The summed E-state index contributed by atoms with van der Waals surface area (Å²) in [6, 6.07) is 7.24. The third-order valence-corrected chi connectivity index (χ3v) is 2.29. The molecule has 4 nitrogen and oxygen atoms in total. The van der Waals surface area contributed by atoms with Gasteiger partial charge in [0.1, 0.15) is 12.0 Å². The van der Waals surface area contributed by atoms with Gasteiger partial charge >= 0.3 is 0 Å². The molecule has 0 unspecified atom stereocenters. The SMILES string of the molecule is O=CCN1C(=O)CCOc2ccccc21. The lowest BCUT2D eigenvalue weighted by molar-refractivity contribution is -0.120. The minimum Gasteiger partial charge on any atom is -0.491 e. The van der Waals surface area contributed by atoms with E-state index >= 15 is 0 Å². The molecule has 1 heterocycles. The maximum absolute atomic E-state index is 11.7. The Morgan fingerprint density at radius 1 is 1.40 bits per heavy atom. The largest absolute Gasteiger partial charge is 0.491 e. The highest BCUT2D eigenvalue weighted by Crippen LogP contribution is 2.30. The second-order valence-corrected chi connectivity index (χ2v) is 3.24. The molecule has 1 aliphatic heterocycles.